The summed E-state index contributed by atoms with van der Waals surface area (Å²) in [5.74, 6) is 0. The molecule has 0 fully saturated rings. The number of nitrogens with zero attached hydrogens (tertiary/aromatic N) is 1. The predicted molar refractivity (Wildman–Crippen MR) is 218 cm³/mol. The monoisotopic (exact) mass is 647 g/mol. The number of rotatable bonds is 5. The van der Waals surface area contributed by atoms with Gasteiger partial charge in [0.15, 0.2) is 0 Å². The molecule has 0 atom stereocenters. The summed E-state index contributed by atoms with van der Waals surface area (Å²) >= 11 is 0. The molecular formula is C50H33N. The molecule has 10 rings (SSSR count). The standard InChI is InChI=1S/C50H33N/c1-4-15-34(16-5-1)38-29-32-43-45(33-38)49(36-19-8-3-9-20-36)42-22-11-10-21-41(42)48(43)37-27-30-39(31-28-37)51-46-25-13-12-23-44(46)50-40(24-14-26-47(50)51)35-17-6-2-7-18-35/h1-33H. The second-order valence-corrected chi connectivity index (χ2v) is 13.3. The van der Waals surface area contributed by atoms with Crippen LogP contribution < -0.4 is 0 Å². The van der Waals surface area contributed by atoms with Crippen molar-refractivity contribution in [3.63, 3.8) is 0 Å². The van der Waals surface area contributed by atoms with Gasteiger partial charge in [-0.2, -0.15) is 0 Å². The molecule has 1 aromatic heterocycles. The van der Waals surface area contributed by atoms with Gasteiger partial charge in [0, 0.05) is 16.5 Å². The van der Waals surface area contributed by atoms with Crippen molar-refractivity contribution < 1.29 is 0 Å². The molecule has 0 amide bonds. The first kappa shape index (κ1) is 29.2. The van der Waals surface area contributed by atoms with Crippen LogP contribution in [0.25, 0.3) is 93.5 Å². The summed E-state index contributed by atoms with van der Waals surface area (Å²) in [7, 11) is 0. The van der Waals surface area contributed by atoms with Gasteiger partial charge in [-0.15, -0.1) is 0 Å². The molecular weight excluding hydrogens is 615 g/mol. The fourth-order valence-electron chi connectivity index (χ4n) is 8.15. The molecule has 0 spiro atoms. The lowest BCUT2D eigenvalue weighted by molar-refractivity contribution is 1.18. The fourth-order valence-corrected chi connectivity index (χ4v) is 8.15. The van der Waals surface area contributed by atoms with Crippen LogP contribution in [0, 0.1) is 0 Å². The van der Waals surface area contributed by atoms with E-state index in [1.165, 1.54) is 87.9 Å². The molecule has 51 heavy (non-hydrogen) atoms. The van der Waals surface area contributed by atoms with Crippen LogP contribution in [0.3, 0.4) is 0 Å². The SMILES string of the molecule is c1ccc(-c2ccc3c(-c4ccc(-n5c6ccccc6c6c(-c7ccccc7)cccc65)cc4)c4ccccc4c(-c4ccccc4)c3c2)cc1. The molecule has 1 nitrogen and oxygen atoms in total. The zero-order chi connectivity index (χ0) is 33.7. The molecule has 0 aliphatic rings. The minimum Gasteiger partial charge on any atom is -0.309 e. The van der Waals surface area contributed by atoms with Crippen molar-refractivity contribution in [2.45, 2.75) is 0 Å². The van der Waals surface area contributed by atoms with Gasteiger partial charge in [0.25, 0.3) is 0 Å². The van der Waals surface area contributed by atoms with E-state index < -0.39 is 0 Å². The maximum Gasteiger partial charge on any atom is 0.0547 e. The highest BCUT2D eigenvalue weighted by atomic mass is 15.0. The first-order valence-corrected chi connectivity index (χ1v) is 17.6. The summed E-state index contributed by atoms with van der Waals surface area (Å²) in [6, 6.07) is 72.9. The van der Waals surface area contributed by atoms with Gasteiger partial charge in [-0.1, -0.05) is 170 Å². The van der Waals surface area contributed by atoms with Gasteiger partial charge in [-0.3, -0.25) is 0 Å². The summed E-state index contributed by atoms with van der Waals surface area (Å²) in [6.07, 6.45) is 0. The Balaban J connectivity index is 1.20. The Hall–Kier alpha value is -6.70. The summed E-state index contributed by atoms with van der Waals surface area (Å²) < 4.78 is 2.42. The van der Waals surface area contributed by atoms with E-state index in [0.29, 0.717) is 0 Å². The van der Waals surface area contributed by atoms with Gasteiger partial charge in [-0.25, -0.2) is 0 Å². The Bertz CT molecular complexity index is 2860. The molecule has 9 aromatic carbocycles. The first-order valence-electron chi connectivity index (χ1n) is 17.6. The topological polar surface area (TPSA) is 4.93 Å². The molecule has 1 heteroatoms. The van der Waals surface area contributed by atoms with Crippen LogP contribution >= 0.6 is 0 Å². The van der Waals surface area contributed by atoms with Gasteiger partial charge in [0.2, 0.25) is 0 Å². The van der Waals surface area contributed by atoms with Crippen LogP contribution in [0.1, 0.15) is 0 Å². The number of para-hydroxylation sites is 1. The van der Waals surface area contributed by atoms with Gasteiger partial charge < -0.3 is 4.57 Å². The zero-order valence-electron chi connectivity index (χ0n) is 28.0. The van der Waals surface area contributed by atoms with E-state index in [4.69, 9.17) is 0 Å². The molecule has 238 valence electrons. The van der Waals surface area contributed by atoms with Crippen molar-refractivity contribution >= 4 is 43.4 Å². The molecule has 0 saturated carbocycles. The van der Waals surface area contributed by atoms with Crippen LogP contribution in [0.5, 0.6) is 0 Å². The maximum atomic E-state index is 2.42. The van der Waals surface area contributed by atoms with Crippen molar-refractivity contribution in [2.75, 3.05) is 0 Å². The lowest BCUT2D eigenvalue weighted by atomic mass is 9.85. The molecule has 0 saturated heterocycles. The maximum absolute atomic E-state index is 2.42. The number of aromatic nitrogens is 1. The molecule has 0 aliphatic heterocycles. The summed E-state index contributed by atoms with van der Waals surface area (Å²) in [6.45, 7) is 0. The predicted octanol–water partition coefficient (Wildman–Crippen LogP) is 13.8. The Morgan fingerprint density at radius 1 is 0.275 bits per heavy atom. The zero-order valence-corrected chi connectivity index (χ0v) is 28.0. The Morgan fingerprint density at radius 2 is 0.765 bits per heavy atom. The summed E-state index contributed by atoms with van der Waals surface area (Å²) in [5, 5.41) is 7.58. The number of benzene rings is 9. The quantitative estimate of drug-likeness (QED) is 0.164. The minimum absolute atomic E-state index is 1.15. The van der Waals surface area contributed by atoms with E-state index in [2.05, 4.69) is 205 Å². The van der Waals surface area contributed by atoms with Crippen LogP contribution in [-0.2, 0) is 0 Å². The van der Waals surface area contributed by atoms with Gasteiger partial charge >= 0.3 is 0 Å². The van der Waals surface area contributed by atoms with E-state index in [-0.39, 0.29) is 0 Å². The molecule has 0 bridgehead atoms. The van der Waals surface area contributed by atoms with Crippen LogP contribution in [0.2, 0.25) is 0 Å². The second kappa shape index (κ2) is 12.0. The smallest absolute Gasteiger partial charge is 0.0547 e. The molecule has 10 aromatic rings. The van der Waals surface area contributed by atoms with Crippen molar-refractivity contribution in [1.82, 2.24) is 4.57 Å². The fraction of sp³-hybridized carbons (Fsp3) is 0. The Labute approximate surface area is 297 Å². The largest absolute Gasteiger partial charge is 0.309 e. The minimum atomic E-state index is 1.15. The van der Waals surface area contributed by atoms with Crippen LogP contribution in [-0.4, -0.2) is 4.57 Å². The van der Waals surface area contributed by atoms with Crippen molar-refractivity contribution in [3.05, 3.63) is 200 Å². The van der Waals surface area contributed by atoms with Crippen molar-refractivity contribution in [2.24, 2.45) is 0 Å². The molecule has 1 heterocycles. The number of fused-ring (bicyclic) bond motifs is 5. The van der Waals surface area contributed by atoms with Crippen LogP contribution in [0.15, 0.2) is 200 Å². The average Bonchev–Trinajstić information content (AvgIpc) is 3.55. The summed E-state index contributed by atoms with van der Waals surface area (Å²) in [5.41, 5.74) is 13.5. The normalized spacial score (nSPS) is 11.5. The summed E-state index contributed by atoms with van der Waals surface area (Å²) in [4.78, 5) is 0. The average molecular weight is 648 g/mol. The van der Waals surface area contributed by atoms with E-state index in [1.54, 1.807) is 0 Å². The van der Waals surface area contributed by atoms with Gasteiger partial charge in [-0.05, 0) is 96.4 Å². The molecule has 0 aliphatic carbocycles. The van der Waals surface area contributed by atoms with E-state index in [0.717, 1.165) is 5.69 Å². The molecule has 0 radical (unpaired) electrons. The van der Waals surface area contributed by atoms with E-state index in [1.807, 2.05) is 0 Å². The third kappa shape index (κ3) is 4.78. The third-order valence-electron chi connectivity index (χ3n) is 10.4. The van der Waals surface area contributed by atoms with Crippen molar-refractivity contribution in [1.29, 1.82) is 0 Å². The lowest BCUT2D eigenvalue weighted by Crippen LogP contribution is -1.95. The highest BCUT2D eigenvalue weighted by molar-refractivity contribution is 6.22. The highest BCUT2D eigenvalue weighted by Crippen LogP contribution is 2.45. The lowest BCUT2D eigenvalue weighted by Gasteiger charge is -2.19. The Morgan fingerprint density at radius 3 is 1.45 bits per heavy atom. The van der Waals surface area contributed by atoms with Gasteiger partial charge in [0.1, 0.15) is 0 Å². The molecule has 0 unspecified atom stereocenters. The van der Waals surface area contributed by atoms with E-state index >= 15 is 0 Å². The molecule has 0 N–H and O–H groups in total. The van der Waals surface area contributed by atoms with Crippen molar-refractivity contribution in [3.8, 4) is 50.2 Å². The first-order chi connectivity index (χ1) is 25.3. The second-order valence-electron chi connectivity index (χ2n) is 13.3. The number of hydrogen-bond donors (Lipinski definition) is 0. The van der Waals surface area contributed by atoms with E-state index in [9.17, 15) is 0 Å². The Kier molecular flexibility index (Phi) is 6.89. The van der Waals surface area contributed by atoms with Gasteiger partial charge in [0.05, 0.1) is 11.0 Å². The van der Waals surface area contributed by atoms with Crippen LogP contribution in [0.4, 0.5) is 0 Å². The highest BCUT2D eigenvalue weighted by Gasteiger charge is 2.19. The number of hydrogen-bond acceptors (Lipinski definition) is 0. The third-order valence-corrected chi connectivity index (χ3v) is 10.4.